The van der Waals surface area contributed by atoms with E-state index in [0.29, 0.717) is 83.7 Å². The molecule has 3 unspecified atom stereocenters. The lowest BCUT2D eigenvalue weighted by atomic mass is 9.78. The van der Waals surface area contributed by atoms with Gasteiger partial charge in [-0.15, -0.1) is 23.2 Å². The van der Waals surface area contributed by atoms with Crippen LogP contribution in [0, 0.1) is 29.6 Å². The highest BCUT2D eigenvalue weighted by Gasteiger charge is 2.52. The summed E-state index contributed by atoms with van der Waals surface area (Å²) in [7, 11) is 9.94. The van der Waals surface area contributed by atoms with Crippen molar-refractivity contribution in [3.63, 3.8) is 0 Å². The molecule has 4 saturated carbocycles. The van der Waals surface area contributed by atoms with E-state index in [9.17, 15) is 51.5 Å². The number of hydrogen-bond acceptors (Lipinski definition) is 12. The molecule has 3 saturated heterocycles. The molecule has 0 spiro atoms. The third-order valence-electron chi connectivity index (χ3n) is 23.3. The van der Waals surface area contributed by atoms with Crippen molar-refractivity contribution in [1.29, 1.82) is 0 Å². The molecule has 24 nitrogen and oxygen atoms in total. The highest BCUT2D eigenvalue weighted by atomic mass is 35.5. The third kappa shape index (κ3) is 18.0. The molecule has 0 aromatic rings. The van der Waals surface area contributed by atoms with E-state index >= 15 is 19.2 Å². The van der Waals surface area contributed by atoms with Gasteiger partial charge in [-0.3, -0.25) is 57.5 Å². The molecule has 7 aliphatic rings. The molecule has 29 heteroatoms. The van der Waals surface area contributed by atoms with Crippen molar-refractivity contribution in [2.24, 2.45) is 29.6 Å². The Labute approximate surface area is 586 Å². The molecular weight excluding hydrogens is 1320 g/mol. The molecule has 12 amide bonds. The van der Waals surface area contributed by atoms with E-state index in [2.05, 4.69) is 10.6 Å². The van der Waals surface area contributed by atoms with Gasteiger partial charge in [-0.25, -0.2) is 0 Å². The number of fused-ring (bicyclic) bond motifs is 1. The van der Waals surface area contributed by atoms with E-state index in [0.717, 1.165) is 29.1 Å². The molecule has 0 aromatic heterocycles. The van der Waals surface area contributed by atoms with E-state index in [-0.39, 0.29) is 62.3 Å². The van der Waals surface area contributed by atoms with Gasteiger partial charge in [0.1, 0.15) is 60.4 Å². The second-order valence-electron chi connectivity index (χ2n) is 29.8. The van der Waals surface area contributed by atoms with Gasteiger partial charge < -0.3 is 59.6 Å². The topological polar surface area (TPSA) is 261 Å². The van der Waals surface area contributed by atoms with Crippen LogP contribution in [0.5, 0.6) is 0 Å². The van der Waals surface area contributed by atoms with Gasteiger partial charge in [0.05, 0.1) is 18.9 Å². The van der Waals surface area contributed by atoms with Gasteiger partial charge in [-0.1, -0.05) is 33.1 Å². The molecule has 3 heterocycles. The number of hydrogen-bond donors (Lipinski definition) is 2. The summed E-state index contributed by atoms with van der Waals surface area (Å²) in [5, 5.41) is 4.19. The lowest BCUT2D eigenvalue weighted by Crippen LogP contribution is -2.65. The number of amides is 12. The Kier molecular flexibility index (Phi) is 27.2. The van der Waals surface area contributed by atoms with Crippen LogP contribution in [0.1, 0.15) is 176 Å². The Bertz CT molecular complexity index is 2930. The van der Waals surface area contributed by atoms with Crippen molar-refractivity contribution in [2.45, 2.75) is 253 Å². The van der Waals surface area contributed by atoms with Gasteiger partial charge in [0.15, 0.2) is 0 Å². The molecule has 3 aliphatic heterocycles. The number of likely N-dealkylation sites (N-methyl/N-ethyl adjacent to an activating group) is 7. The van der Waals surface area contributed by atoms with E-state index < -0.39 is 180 Å². The molecule has 2 N–H and O–H groups in total. The van der Waals surface area contributed by atoms with Crippen molar-refractivity contribution in [3.8, 4) is 0 Å². The summed E-state index contributed by atoms with van der Waals surface area (Å²) >= 11 is 13.1. The van der Waals surface area contributed by atoms with Crippen LogP contribution < -0.4 is 10.6 Å². The second-order valence-corrected chi connectivity index (χ2v) is 31.0. The van der Waals surface area contributed by atoms with Crippen LogP contribution in [0.15, 0.2) is 0 Å². The summed E-state index contributed by atoms with van der Waals surface area (Å²) in [6.45, 7) is 9.26. The molecule has 7 fully saturated rings. The summed E-state index contributed by atoms with van der Waals surface area (Å²) < 4.78 is 42.1. The lowest BCUT2D eigenvalue weighted by molar-refractivity contribution is -0.182. The molecule has 7 rings (SSSR count). The lowest BCUT2D eigenvalue weighted by Gasteiger charge is -2.46. The Balaban J connectivity index is 1.27. The van der Waals surface area contributed by atoms with E-state index in [4.69, 9.17) is 23.2 Å². The zero-order valence-electron chi connectivity index (χ0n) is 59.9. The molecule has 0 bridgehead atoms. The number of carbonyl (C=O) groups is 12. The van der Waals surface area contributed by atoms with Gasteiger partial charge in [0, 0.05) is 85.8 Å². The highest BCUT2D eigenvalue weighted by molar-refractivity contribution is 6.21. The van der Waals surface area contributed by atoms with Crippen molar-refractivity contribution in [3.05, 3.63) is 0 Å². The predicted octanol–water partition coefficient (Wildman–Crippen LogP) is 5.23. The molecule has 4 aliphatic carbocycles. The maximum absolute atomic E-state index is 15.6. The highest BCUT2D eigenvalue weighted by Crippen LogP contribution is 2.44. The monoisotopic (exact) mass is 1420 g/mol. The minimum atomic E-state index is -4.52. The minimum Gasteiger partial charge on any atom is -0.343 e. The fraction of sp³-hybridized carbons (Fsp3) is 0.826. The molecule has 98 heavy (non-hydrogen) atoms. The zero-order valence-corrected chi connectivity index (χ0v) is 61.4. The fourth-order valence-corrected chi connectivity index (χ4v) is 15.9. The first-order valence-corrected chi connectivity index (χ1v) is 36.5. The Morgan fingerprint density at radius 2 is 1.18 bits per heavy atom. The van der Waals surface area contributed by atoms with Crippen LogP contribution in [-0.2, 0) is 57.5 Å². The summed E-state index contributed by atoms with van der Waals surface area (Å²) in [6.07, 6.45) is 3.06. The molecular formula is C69H109Cl2F3N12O12. The molecule has 12 atom stereocenters. The van der Waals surface area contributed by atoms with Crippen molar-refractivity contribution < 1.29 is 70.7 Å². The Morgan fingerprint density at radius 3 is 1.71 bits per heavy atom. The van der Waals surface area contributed by atoms with Crippen LogP contribution in [-0.4, -0.2) is 279 Å². The van der Waals surface area contributed by atoms with E-state index in [1.54, 1.807) is 11.8 Å². The average molecular weight is 1430 g/mol. The number of alkyl halides is 5. The standard InChI is InChI=1S/C69H109Cl2F3N12O12/c1-14-40(2)56-64(95)79(9)42(4)60(91)85-35-32-51(85)62(93)81(11)57(44-20-18-21-44)65(96)77(7)38-53(87)75-50(31-25-43-24-30-48(49(71)36-43)69(72,73)74)61(92)86(47-28-26-46(70)27-29-47)39-55(89)83(13)68(5,6)67(98)82(12)58(45-22-19-23-45)66(97)80(10)52(63(94)84-33-16-15-17-34-84)37-54(88)78(8)41(3)59(90)76-56/h40-52,56-58H,14-39H2,1-13H3,(H,75,87)(H,76,90)/t40-,41-,42-,43?,46?,47?,48?,49?,50-,51-,52-,56-,57-,58-/m0/s1. The summed E-state index contributed by atoms with van der Waals surface area (Å²) in [5.74, 6) is -11.0. The minimum absolute atomic E-state index is 0.0173. The van der Waals surface area contributed by atoms with Crippen LogP contribution >= 0.6 is 23.2 Å². The van der Waals surface area contributed by atoms with Crippen molar-refractivity contribution >= 4 is 94.1 Å². The number of rotatable bonds is 9. The van der Waals surface area contributed by atoms with Crippen LogP contribution in [0.4, 0.5) is 13.2 Å². The number of halogens is 5. The molecule has 0 aromatic carbocycles. The SMILES string of the molecule is CC[C@H](C)[C@@H]1NC(=O)[C@H](C)N(C)C(=O)C[C@@H](C(=O)N2CCCCC2)N(C)C(=O)[C@H](C2CCC2)N(C)C(=O)C(C)(C)N(C)C(=O)CN(C2CCC(Cl)CC2)C(=O)[C@H](CCC2CCC(C(F)(F)F)C(Cl)C2)NC(=O)CN(C)C(=O)[C@H](C2CCC2)N(C)C(=O)[C@@H]2CCN2C(=O)[C@H](C)N(C)C1=O. The first-order valence-electron chi connectivity index (χ1n) is 35.6. The van der Waals surface area contributed by atoms with Crippen molar-refractivity contribution in [2.75, 3.05) is 82.1 Å². The van der Waals surface area contributed by atoms with Gasteiger partial charge in [-0.05, 0) is 161 Å². The van der Waals surface area contributed by atoms with Gasteiger partial charge in [0.25, 0.3) is 0 Å². The van der Waals surface area contributed by atoms with E-state index in [1.165, 1.54) is 111 Å². The van der Waals surface area contributed by atoms with Gasteiger partial charge in [0.2, 0.25) is 70.9 Å². The summed E-state index contributed by atoms with van der Waals surface area (Å²) in [6, 6.07) is -10.3. The zero-order chi connectivity index (χ0) is 72.7. The molecule has 552 valence electrons. The Hall–Kier alpha value is -5.99. The first kappa shape index (κ1) is 79.3. The normalized spacial score (nSPS) is 32.5. The summed E-state index contributed by atoms with van der Waals surface area (Å²) in [4.78, 5) is 191. The fourth-order valence-electron chi connectivity index (χ4n) is 15.2. The van der Waals surface area contributed by atoms with Crippen molar-refractivity contribution in [1.82, 2.24) is 59.6 Å². The number of piperidine rings is 1. The Morgan fingerprint density at radius 1 is 0.592 bits per heavy atom. The third-order valence-corrected chi connectivity index (χ3v) is 24.2. The van der Waals surface area contributed by atoms with Gasteiger partial charge >= 0.3 is 6.18 Å². The predicted molar refractivity (Wildman–Crippen MR) is 361 cm³/mol. The van der Waals surface area contributed by atoms with Gasteiger partial charge in [-0.2, -0.15) is 13.2 Å². The maximum Gasteiger partial charge on any atom is 0.393 e. The first-order chi connectivity index (χ1) is 45.9. The number of nitrogens with zero attached hydrogens (tertiary/aromatic N) is 10. The second kappa shape index (κ2) is 33.7. The summed E-state index contributed by atoms with van der Waals surface area (Å²) in [5.41, 5.74) is -1.72. The van der Waals surface area contributed by atoms with E-state index in [1.807, 2.05) is 6.92 Å². The average Bonchev–Trinajstić information content (AvgIpc) is 0.784. The smallest absolute Gasteiger partial charge is 0.343 e. The number of likely N-dealkylation sites (tertiary alicyclic amines) is 1. The number of carbonyl (C=O) groups excluding carboxylic acids is 12. The van der Waals surface area contributed by atoms with Crippen LogP contribution in [0.3, 0.4) is 0 Å². The number of nitrogens with one attached hydrogen (secondary N) is 2. The maximum atomic E-state index is 15.6. The van der Waals surface area contributed by atoms with Crippen LogP contribution in [0.25, 0.3) is 0 Å². The molecule has 0 radical (unpaired) electrons. The largest absolute Gasteiger partial charge is 0.393 e. The quantitative estimate of drug-likeness (QED) is 0.281. The van der Waals surface area contributed by atoms with Crippen LogP contribution in [0.2, 0.25) is 0 Å².